The van der Waals surface area contributed by atoms with E-state index in [0.29, 0.717) is 12.0 Å². The highest BCUT2D eigenvalue weighted by atomic mass is 35.5. The minimum atomic E-state index is -3.58. The highest BCUT2D eigenvalue weighted by Crippen LogP contribution is 2.26. The van der Waals surface area contributed by atoms with E-state index in [1.165, 1.54) is 10.5 Å². The van der Waals surface area contributed by atoms with Gasteiger partial charge in [-0.3, -0.25) is 5.10 Å². The summed E-state index contributed by atoms with van der Waals surface area (Å²) in [6, 6.07) is 0. The van der Waals surface area contributed by atoms with E-state index < -0.39 is 15.6 Å². The van der Waals surface area contributed by atoms with Crippen LogP contribution in [0.1, 0.15) is 32.8 Å². The monoisotopic (exact) mass is 279 g/mol. The number of halogens is 1. The minimum absolute atomic E-state index is 0.0801. The van der Waals surface area contributed by atoms with Gasteiger partial charge in [-0.2, -0.15) is 9.40 Å². The summed E-state index contributed by atoms with van der Waals surface area (Å²) in [5.74, 6) is 0.117. The Morgan fingerprint density at radius 1 is 1.53 bits per heavy atom. The van der Waals surface area contributed by atoms with Crippen molar-refractivity contribution in [2.45, 2.75) is 43.6 Å². The van der Waals surface area contributed by atoms with Crippen LogP contribution in [0.4, 0.5) is 0 Å². The number of rotatable bonds is 5. The van der Waals surface area contributed by atoms with Gasteiger partial charge >= 0.3 is 0 Å². The topological polar surface area (TPSA) is 66.1 Å². The van der Waals surface area contributed by atoms with Crippen LogP contribution in [-0.4, -0.2) is 35.5 Å². The summed E-state index contributed by atoms with van der Waals surface area (Å²) >= 11 is 5.69. The average Bonchev–Trinajstić information content (AvgIpc) is 2.76. The number of sulfonamides is 1. The third-order valence-corrected chi connectivity index (χ3v) is 5.53. The normalized spacial score (nSPS) is 13.3. The van der Waals surface area contributed by atoms with Crippen LogP contribution in [0.5, 0.6) is 0 Å². The largest absolute Gasteiger partial charge is 0.266 e. The van der Waals surface area contributed by atoms with Crippen molar-refractivity contribution < 1.29 is 8.42 Å². The molecule has 0 bridgehead atoms. The van der Waals surface area contributed by atoms with Gasteiger partial charge in [0, 0.05) is 18.2 Å². The van der Waals surface area contributed by atoms with E-state index in [4.69, 9.17) is 11.6 Å². The number of alkyl halides is 1. The van der Waals surface area contributed by atoms with Gasteiger partial charge in [-0.1, -0.05) is 6.92 Å². The van der Waals surface area contributed by atoms with Crippen molar-refractivity contribution in [2.75, 3.05) is 7.05 Å². The Morgan fingerprint density at radius 2 is 2.12 bits per heavy atom. The number of aromatic nitrogens is 2. The average molecular weight is 280 g/mol. The molecule has 7 heteroatoms. The third-order valence-electron chi connectivity index (χ3n) is 3.16. The van der Waals surface area contributed by atoms with E-state index in [1.54, 1.807) is 7.05 Å². The van der Waals surface area contributed by atoms with Crippen LogP contribution in [0.15, 0.2) is 11.2 Å². The second kappa shape index (κ2) is 4.96. The summed E-state index contributed by atoms with van der Waals surface area (Å²) in [6.45, 7) is 5.70. The van der Waals surface area contributed by atoms with Crippen molar-refractivity contribution in [3.8, 4) is 0 Å². The molecule has 1 N–H and O–H groups in total. The van der Waals surface area contributed by atoms with Crippen LogP contribution < -0.4 is 0 Å². The molecule has 5 nitrogen and oxygen atoms in total. The lowest BCUT2D eigenvalue weighted by Gasteiger charge is -2.33. The molecule has 1 heterocycles. The Bertz CT molecular complexity index is 481. The molecule has 17 heavy (non-hydrogen) atoms. The van der Waals surface area contributed by atoms with Crippen LogP contribution in [0, 0.1) is 0 Å². The fraction of sp³-hybridized carbons (Fsp3) is 0.700. The van der Waals surface area contributed by atoms with Crippen molar-refractivity contribution >= 4 is 21.6 Å². The molecule has 98 valence electrons. The lowest BCUT2D eigenvalue weighted by Crippen LogP contribution is -2.44. The lowest BCUT2D eigenvalue weighted by atomic mass is 10.0. The molecule has 0 aliphatic heterocycles. The zero-order chi connectivity index (χ0) is 13.3. The van der Waals surface area contributed by atoms with Crippen LogP contribution in [0.3, 0.4) is 0 Å². The highest BCUT2D eigenvalue weighted by molar-refractivity contribution is 7.89. The first-order valence-electron chi connectivity index (χ1n) is 5.34. The second-order valence-electron chi connectivity index (χ2n) is 4.50. The van der Waals surface area contributed by atoms with E-state index in [-0.39, 0.29) is 10.9 Å². The first-order chi connectivity index (χ1) is 7.77. The molecule has 0 saturated carbocycles. The van der Waals surface area contributed by atoms with Gasteiger partial charge < -0.3 is 0 Å². The first kappa shape index (κ1) is 14.5. The van der Waals surface area contributed by atoms with Crippen LogP contribution in [0.25, 0.3) is 0 Å². The van der Waals surface area contributed by atoms with Crippen LogP contribution >= 0.6 is 11.6 Å². The molecule has 0 unspecified atom stereocenters. The predicted molar refractivity (Wildman–Crippen MR) is 67.5 cm³/mol. The Morgan fingerprint density at radius 3 is 2.59 bits per heavy atom. The molecule has 1 rings (SSSR count). The molecule has 1 aromatic rings. The summed E-state index contributed by atoms with van der Waals surface area (Å²) in [5.41, 5.74) is 0.0403. The maximum absolute atomic E-state index is 12.4. The molecule has 0 atom stereocenters. The highest BCUT2D eigenvalue weighted by Gasteiger charge is 2.34. The quantitative estimate of drug-likeness (QED) is 0.838. The number of hydrogen-bond donors (Lipinski definition) is 1. The number of nitrogens with one attached hydrogen (secondary N) is 1. The van der Waals surface area contributed by atoms with Crippen molar-refractivity contribution in [1.82, 2.24) is 14.5 Å². The van der Waals surface area contributed by atoms with Gasteiger partial charge in [-0.15, -0.1) is 11.6 Å². The third kappa shape index (κ3) is 2.64. The van der Waals surface area contributed by atoms with Crippen molar-refractivity contribution in [1.29, 1.82) is 0 Å². The SMILES string of the molecule is CCC(C)(C)N(C)S(=O)(=O)c1[nH]ncc1CCl. The summed E-state index contributed by atoms with van der Waals surface area (Å²) in [4.78, 5) is 0. The molecule has 0 amide bonds. The summed E-state index contributed by atoms with van der Waals surface area (Å²) < 4.78 is 26.1. The Labute approximate surface area is 107 Å². The molecule has 0 fully saturated rings. The summed E-state index contributed by atoms with van der Waals surface area (Å²) in [5, 5.41) is 6.32. The van der Waals surface area contributed by atoms with Gasteiger partial charge in [0.2, 0.25) is 0 Å². The van der Waals surface area contributed by atoms with Crippen molar-refractivity contribution in [3.63, 3.8) is 0 Å². The summed E-state index contributed by atoms with van der Waals surface area (Å²) in [6.07, 6.45) is 2.15. The van der Waals surface area contributed by atoms with E-state index >= 15 is 0 Å². The van der Waals surface area contributed by atoms with Gasteiger partial charge in [-0.25, -0.2) is 8.42 Å². The Balaban J connectivity index is 3.21. The van der Waals surface area contributed by atoms with E-state index in [2.05, 4.69) is 10.2 Å². The van der Waals surface area contributed by atoms with Gasteiger partial charge in [0.1, 0.15) is 0 Å². The molecule has 0 aromatic carbocycles. The van der Waals surface area contributed by atoms with E-state index in [1.807, 2.05) is 20.8 Å². The molecular weight excluding hydrogens is 262 g/mol. The number of hydrogen-bond acceptors (Lipinski definition) is 3. The Hall–Kier alpha value is -0.590. The summed E-state index contributed by atoms with van der Waals surface area (Å²) in [7, 11) is -2.01. The van der Waals surface area contributed by atoms with Crippen molar-refractivity contribution in [2.24, 2.45) is 0 Å². The molecule has 0 aliphatic carbocycles. The number of aromatic amines is 1. The second-order valence-corrected chi connectivity index (χ2v) is 6.67. The van der Waals surface area contributed by atoms with E-state index in [0.717, 1.165) is 0 Å². The van der Waals surface area contributed by atoms with Crippen molar-refractivity contribution in [3.05, 3.63) is 11.8 Å². The molecule has 1 aromatic heterocycles. The maximum atomic E-state index is 12.4. The van der Waals surface area contributed by atoms with Gasteiger partial charge in [-0.05, 0) is 20.3 Å². The smallest absolute Gasteiger partial charge is 0.260 e. The fourth-order valence-electron chi connectivity index (χ4n) is 1.30. The number of nitrogens with zero attached hydrogens (tertiary/aromatic N) is 2. The minimum Gasteiger partial charge on any atom is -0.266 e. The van der Waals surface area contributed by atoms with Gasteiger partial charge in [0.15, 0.2) is 5.03 Å². The Kier molecular flexibility index (Phi) is 4.22. The molecular formula is C10H18ClN3O2S. The predicted octanol–water partition coefficient (Wildman–Crippen LogP) is 1.96. The van der Waals surface area contributed by atoms with Crippen LogP contribution in [-0.2, 0) is 15.9 Å². The number of H-pyrrole nitrogens is 1. The van der Waals surface area contributed by atoms with Gasteiger partial charge in [0.05, 0.1) is 12.1 Å². The zero-order valence-electron chi connectivity index (χ0n) is 10.5. The van der Waals surface area contributed by atoms with E-state index in [9.17, 15) is 8.42 Å². The van der Waals surface area contributed by atoms with Crippen LogP contribution in [0.2, 0.25) is 0 Å². The molecule has 0 radical (unpaired) electrons. The first-order valence-corrected chi connectivity index (χ1v) is 7.32. The van der Waals surface area contributed by atoms with Gasteiger partial charge in [0.25, 0.3) is 10.0 Å². The lowest BCUT2D eigenvalue weighted by molar-refractivity contribution is 0.256. The molecule has 0 aliphatic rings. The standard InChI is InChI=1S/C10H18ClN3O2S/c1-5-10(2,3)14(4)17(15,16)9-8(6-11)7-12-13-9/h7H,5-6H2,1-4H3,(H,12,13). The zero-order valence-corrected chi connectivity index (χ0v) is 12.1. The molecule has 0 saturated heterocycles. The maximum Gasteiger partial charge on any atom is 0.260 e. The molecule has 0 spiro atoms. The fourth-order valence-corrected chi connectivity index (χ4v) is 3.26.